The highest BCUT2D eigenvalue weighted by Crippen LogP contribution is 2.37. The summed E-state index contributed by atoms with van der Waals surface area (Å²) in [6.45, 7) is 4.36. The molecule has 0 aromatic carbocycles. The van der Waals surface area contributed by atoms with Crippen molar-refractivity contribution < 1.29 is 17.6 Å². The van der Waals surface area contributed by atoms with E-state index in [2.05, 4.69) is 0 Å². The summed E-state index contributed by atoms with van der Waals surface area (Å²) in [5, 5.41) is 0. The minimum atomic E-state index is -3.43. The van der Waals surface area contributed by atoms with Crippen LogP contribution in [-0.4, -0.2) is 50.4 Å². The Bertz CT molecular complexity index is 628. The van der Waals surface area contributed by atoms with Gasteiger partial charge in [0.1, 0.15) is 11.5 Å². The number of rotatable bonds is 6. The van der Waals surface area contributed by atoms with E-state index in [0.29, 0.717) is 32.2 Å². The van der Waals surface area contributed by atoms with Crippen LogP contribution in [0.1, 0.15) is 43.7 Å². The van der Waals surface area contributed by atoms with Crippen molar-refractivity contribution in [1.82, 2.24) is 8.61 Å². The summed E-state index contributed by atoms with van der Waals surface area (Å²) in [6.07, 6.45) is 3.39. The number of methoxy groups -OCH3 is 1. The molecule has 0 bridgehead atoms. The van der Waals surface area contributed by atoms with Crippen molar-refractivity contribution in [3.63, 3.8) is 0 Å². The van der Waals surface area contributed by atoms with E-state index in [1.54, 1.807) is 15.7 Å². The molecular weight excluding hydrogens is 316 g/mol. The maximum Gasteiger partial charge on any atom is 0.282 e. The SMILES string of the molecule is CCc1ccc([C@H]2CCCN2S(=O)(=O)N2CC[C@@H](COC)C2)o1. The lowest BCUT2D eigenvalue weighted by Gasteiger charge is -2.27. The van der Waals surface area contributed by atoms with Crippen LogP contribution in [0.2, 0.25) is 0 Å². The Balaban J connectivity index is 1.76. The Morgan fingerprint density at radius 1 is 1.30 bits per heavy atom. The molecule has 3 heterocycles. The van der Waals surface area contributed by atoms with Crippen LogP contribution in [-0.2, 0) is 21.4 Å². The molecule has 0 saturated carbocycles. The molecule has 1 aromatic rings. The molecule has 3 rings (SSSR count). The summed E-state index contributed by atoms with van der Waals surface area (Å²) in [6, 6.07) is 3.71. The number of hydrogen-bond acceptors (Lipinski definition) is 4. The molecule has 2 saturated heterocycles. The van der Waals surface area contributed by atoms with Gasteiger partial charge in [0.15, 0.2) is 0 Å². The average Bonchev–Trinajstić information content (AvgIpc) is 3.26. The quantitative estimate of drug-likeness (QED) is 0.795. The van der Waals surface area contributed by atoms with Crippen molar-refractivity contribution in [1.29, 1.82) is 0 Å². The molecule has 0 unspecified atom stereocenters. The van der Waals surface area contributed by atoms with Crippen LogP contribution in [0.15, 0.2) is 16.5 Å². The standard InChI is InChI=1S/C16H26N2O4S/c1-3-14-6-7-16(22-14)15-5-4-9-18(15)23(19,20)17-10-8-13(11-17)12-21-2/h6-7,13,15H,3-5,8-12H2,1-2H3/t13-,15-/m1/s1. The normalized spacial score (nSPS) is 27.0. The largest absolute Gasteiger partial charge is 0.464 e. The summed E-state index contributed by atoms with van der Waals surface area (Å²) in [5.74, 6) is 1.98. The Kier molecular flexibility index (Phi) is 5.10. The van der Waals surface area contributed by atoms with Gasteiger partial charge in [0.25, 0.3) is 10.2 Å². The number of nitrogens with zero attached hydrogens (tertiary/aromatic N) is 2. The molecule has 130 valence electrons. The van der Waals surface area contributed by atoms with Gasteiger partial charge in [-0.2, -0.15) is 17.0 Å². The Labute approximate surface area is 138 Å². The lowest BCUT2D eigenvalue weighted by atomic mass is 10.1. The number of aryl methyl sites for hydroxylation is 1. The van der Waals surface area contributed by atoms with Crippen molar-refractivity contribution in [3.8, 4) is 0 Å². The molecule has 0 radical (unpaired) electrons. The van der Waals surface area contributed by atoms with Crippen LogP contribution in [0.25, 0.3) is 0 Å². The number of hydrogen-bond donors (Lipinski definition) is 0. The first kappa shape index (κ1) is 17.0. The highest BCUT2D eigenvalue weighted by molar-refractivity contribution is 7.86. The van der Waals surface area contributed by atoms with Gasteiger partial charge in [0, 0.05) is 33.2 Å². The van der Waals surface area contributed by atoms with Crippen molar-refractivity contribution >= 4 is 10.2 Å². The van der Waals surface area contributed by atoms with Gasteiger partial charge in [-0.1, -0.05) is 6.92 Å². The van der Waals surface area contributed by atoms with Gasteiger partial charge in [-0.05, 0) is 37.3 Å². The molecule has 23 heavy (non-hydrogen) atoms. The fourth-order valence-corrected chi connectivity index (χ4v) is 5.51. The maximum absolute atomic E-state index is 13.0. The van der Waals surface area contributed by atoms with Crippen LogP contribution in [0.4, 0.5) is 0 Å². The molecule has 0 spiro atoms. The molecule has 6 nitrogen and oxygen atoms in total. The van der Waals surface area contributed by atoms with Crippen LogP contribution in [0, 0.1) is 5.92 Å². The fraction of sp³-hybridized carbons (Fsp3) is 0.750. The predicted molar refractivity (Wildman–Crippen MR) is 87.2 cm³/mol. The minimum absolute atomic E-state index is 0.165. The lowest BCUT2D eigenvalue weighted by molar-refractivity contribution is 0.157. The molecule has 2 aliphatic heterocycles. The topological polar surface area (TPSA) is 63.0 Å². The molecule has 7 heteroatoms. The van der Waals surface area contributed by atoms with Gasteiger partial charge in [-0.15, -0.1) is 0 Å². The first-order valence-corrected chi connectivity index (χ1v) is 9.80. The zero-order chi connectivity index (χ0) is 16.4. The Hall–Kier alpha value is -0.890. The van der Waals surface area contributed by atoms with Crippen molar-refractivity contribution in [3.05, 3.63) is 23.7 Å². The Morgan fingerprint density at radius 3 is 2.83 bits per heavy atom. The van der Waals surface area contributed by atoms with Crippen molar-refractivity contribution in [2.45, 2.75) is 38.6 Å². The second kappa shape index (κ2) is 6.93. The zero-order valence-corrected chi connectivity index (χ0v) is 14.7. The minimum Gasteiger partial charge on any atom is -0.464 e. The van der Waals surface area contributed by atoms with Gasteiger partial charge in [0.2, 0.25) is 0 Å². The monoisotopic (exact) mass is 342 g/mol. The third-order valence-corrected chi connectivity index (χ3v) is 6.85. The first-order valence-electron chi connectivity index (χ1n) is 8.40. The molecule has 0 N–H and O–H groups in total. The summed E-state index contributed by atoms with van der Waals surface area (Å²) in [5.41, 5.74) is 0. The maximum atomic E-state index is 13.0. The van der Waals surface area contributed by atoms with E-state index in [1.807, 2.05) is 19.1 Å². The van der Waals surface area contributed by atoms with E-state index in [0.717, 1.165) is 37.2 Å². The third-order valence-electron chi connectivity index (χ3n) is 4.84. The number of ether oxygens (including phenoxy) is 1. The third kappa shape index (κ3) is 3.33. The molecule has 0 aliphatic carbocycles. The van der Waals surface area contributed by atoms with E-state index in [9.17, 15) is 8.42 Å². The molecule has 1 aromatic heterocycles. The van der Waals surface area contributed by atoms with E-state index < -0.39 is 10.2 Å². The van der Waals surface area contributed by atoms with Crippen molar-refractivity contribution in [2.75, 3.05) is 33.4 Å². The van der Waals surface area contributed by atoms with E-state index in [-0.39, 0.29) is 6.04 Å². The molecular formula is C16H26N2O4S. The van der Waals surface area contributed by atoms with Gasteiger partial charge < -0.3 is 9.15 Å². The van der Waals surface area contributed by atoms with E-state index >= 15 is 0 Å². The highest BCUT2D eigenvalue weighted by atomic mass is 32.2. The van der Waals surface area contributed by atoms with Gasteiger partial charge in [0.05, 0.1) is 12.6 Å². The number of furan rings is 1. The van der Waals surface area contributed by atoms with Crippen LogP contribution >= 0.6 is 0 Å². The van der Waals surface area contributed by atoms with E-state index in [1.165, 1.54) is 0 Å². The molecule has 2 aliphatic rings. The lowest BCUT2D eigenvalue weighted by Crippen LogP contribution is -2.42. The Morgan fingerprint density at radius 2 is 2.13 bits per heavy atom. The average molecular weight is 342 g/mol. The molecule has 2 fully saturated rings. The second-order valence-corrected chi connectivity index (χ2v) is 8.28. The predicted octanol–water partition coefficient (Wildman–Crippen LogP) is 2.19. The summed E-state index contributed by atoms with van der Waals surface area (Å²) in [7, 11) is -1.77. The van der Waals surface area contributed by atoms with Crippen LogP contribution < -0.4 is 0 Å². The second-order valence-electron chi connectivity index (χ2n) is 6.40. The van der Waals surface area contributed by atoms with Crippen molar-refractivity contribution in [2.24, 2.45) is 5.92 Å². The zero-order valence-electron chi connectivity index (χ0n) is 13.9. The first-order chi connectivity index (χ1) is 11.1. The van der Waals surface area contributed by atoms with E-state index in [4.69, 9.17) is 9.15 Å². The van der Waals surface area contributed by atoms with Crippen LogP contribution in [0.3, 0.4) is 0 Å². The fourth-order valence-electron chi connectivity index (χ4n) is 3.59. The van der Waals surface area contributed by atoms with Gasteiger partial charge in [-0.3, -0.25) is 0 Å². The molecule has 2 atom stereocenters. The summed E-state index contributed by atoms with van der Waals surface area (Å²) >= 11 is 0. The van der Waals surface area contributed by atoms with Gasteiger partial charge >= 0.3 is 0 Å². The summed E-state index contributed by atoms with van der Waals surface area (Å²) in [4.78, 5) is 0. The highest BCUT2D eigenvalue weighted by Gasteiger charge is 2.42. The van der Waals surface area contributed by atoms with Gasteiger partial charge in [-0.25, -0.2) is 0 Å². The summed E-state index contributed by atoms with van der Waals surface area (Å²) < 4.78 is 40.3. The molecule has 0 amide bonds. The van der Waals surface area contributed by atoms with Crippen LogP contribution in [0.5, 0.6) is 0 Å². The smallest absolute Gasteiger partial charge is 0.282 e.